The standard InChI is InChI=1S/C12H27NO2S/c1-7-13-10-12(5,6)8-9-16(14,15)11(2,3)4/h13H,7-10H2,1-6H3. The lowest BCUT2D eigenvalue weighted by Gasteiger charge is -2.27. The van der Waals surface area contributed by atoms with Crippen LogP contribution in [0.1, 0.15) is 48.0 Å². The van der Waals surface area contributed by atoms with E-state index in [0.29, 0.717) is 6.42 Å². The number of hydrogen-bond donors (Lipinski definition) is 1. The zero-order valence-corrected chi connectivity index (χ0v) is 12.4. The summed E-state index contributed by atoms with van der Waals surface area (Å²) in [5, 5.41) is 3.27. The Morgan fingerprint density at radius 1 is 1.06 bits per heavy atom. The first kappa shape index (κ1) is 15.9. The second-order valence-electron chi connectivity index (χ2n) is 6.13. The molecule has 0 unspecified atom stereocenters. The van der Waals surface area contributed by atoms with Crippen LogP contribution in [0.3, 0.4) is 0 Å². The Hall–Kier alpha value is -0.0900. The van der Waals surface area contributed by atoms with Crippen molar-refractivity contribution in [3.8, 4) is 0 Å². The summed E-state index contributed by atoms with van der Waals surface area (Å²) in [6.45, 7) is 13.3. The Balaban J connectivity index is 4.35. The van der Waals surface area contributed by atoms with E-state index < -0.39 is 14.6 Å². The summed E-state index contributed by atoms with van der Waals surface area (Å²) in [6, 6.07) is 0. The lowest BCUT2D eigenvalue weighted by Crippen LogP contribution is -2.35. The third-order valence-electron chi connectivity index (χ3n) is 2.83. The first-order valence-electron chi connectivity index (χ1n) is 5.95. The van der Waals surface area contributed by atoms with E-state index in [1.807, 2.05) is 0 Å². The molecule has 0 saturated carbocycles. The van der Waals surface area contributed by atoms with Crippen molar-refractivity contribution in [1.82, 2.24) is 5.32 Å². The summed E-state index contributed by atoms with van der Waals surface area (Å²) < 4.78 is 23.3. The second kappa shape index (κ2) is 5.50. The molecule has 0 aromatic carbocycles. The molecule has 3 nitrogen and oxygen atoms in total. The molecule has 0 aromatic heterocycles. The van der Waals surface area contributed by atoms with Crippen LogP contribution in [0.15, 0.2) is 0 Å². The highest BCUT2D eigenvalue weighted by atomic mass is 32.2. The van der Waals surface area contributed by atoms with Crippen LogP contribution in [0.5, 0.6) is 0 Å². The molecule has 0 saturated heterocycles. The molecule has 16 heavy (non-hydrogen) atoms. The number of nitrogens with one attached hydrogen (secondary N) is 1. The van der Waals surface area contributed by atoms with Gasteiger partial charge in [-0.25, -0.2) is 8.42 Å². The molecule has 1 N–H and O–H groups in total. The van der Waals surface area contributed by atoms with E-state index in [0.717, 1.165) is 13.1 Å². The van der Waals surface area contributed by atoms with Crippen LogP contribution in [0.25, 0.3) is 0 Å². The molecular formula is C12H27NO2S. The number of hydrogen-bond acceptors (Lipinski definition) is 3. The molecule has 0 heterocycles. The number of rotatable bonds is 6. The third kappa shape index (κ3) is 5.30. The molecule has 0 spiro atoms. The summed E-state index contributed by atoms with van der Waals surface area (Å²) in [6.07, 6.45) is 0.708. The van der Waals surface area contributed by atoms with E-state index in [1.54, 1.807) is 20.8 Å². The monoisotopic (exact) mass is 249 g/mol. The van der Waals surface area contributed by atoms with Crippen LogP contribution >= 0.6 is 0 Å². The summed E-state index contributed by atoms with van der Waals surface area (Å²) in [4.78, 5) is 0. The first-order chi connectivity index (χ1) is 7.02. The van der Waals surface area contributed by atoms with Gasteiger partial charge in [0.1, 0.15) is 0 Å². The highest BCUT2D eigenvalue weighted by Crippen LogP contribution is 2.24. The molecule has 0 aliphatic carbocycles. The summed E-state index contributed by atoms with van der Waals surface area (Å²) in [5.74, 6) is 0.273. The van der Waals surface area contributed by atoms with Crippen molar-refractivity contribution >= 4 is 9.84 Å². The quantitative estimate of drug-likeness (QED) is 0.785. The highest BCUT2D eigenvalue weighted by molar-refractivity contribution is 7.92. The van der Waals surface area contributed by atoms with Crippen molar-refractivity contribution in [2.24, 2.45) is 5.41 Å². The summed E-state index contributed by atoms with van der Waals surface area (Å²) >= 11 is 0. The zero-order chi connectivity index (χ0) is 13.0. The third-order valence-corrected chi connectivity index (χ3v) is 5.44. The topological polar surface area (TPSA) is 46.2 Å². The van der Waals surface area contributed by atoms with Crippen LogP contribution < -0.4 is 5.32 Å². The molecular weight excluding hydrogens is 222 g/mol. The maximum Gasteiger partial charge on any atom is 0.155 e. The second-order valence-corrected chi connectivity index (χ2v) is 8.99. The van der Waals surface area contributed by atoms with Gasteiger partial charge in [-0.05, 0) is 39.2 Å². The maximum atomic E-state index is 12.0. The van der Waals surface area contributed by atoms with Crippen molar-refractivity contribution in [1.29, 1.82) is 0 Å². The van der Waals surface area contributed by atoms with Crippen LogP contribution in [-0.4, -0.2) is 32.0 Å². The minimum Gasteiger partial charge on any atom is -0.316 e. The SMILES string of the molecule is CCNCC(C)(C)CCS(=O)(=O)C(C)(C)C. The van der Waals surface area contributed by atoms with Gasteiger partial charge in [-0.2, -0.15) is 0 Å². The molecule has 0 radical (unpaired) electrons. The minimum atomic E-state index is -2.98. The van der Waals surface area contributed by atoms with Crippen LogP contribution in [0.2, 0.25) is 0 Å². The van der Waals surface area contributed by atoms with Gasteiger partial charge in [-0.1, -0.05) is 20.8 Å². The Kier molecular flexibility index (Phi) is 5.47. The molecule has 0 amide bonds. The van der Waals surface area contributed by atoms with Gasteiger partial charge in [0.15, 0.2) is 9.84 Å². The number of sulfone groups is 1. The molecule has 0 atom stereocenters. The fourth-order valence-electron chi connectivity index (χ4n) is 1.27. The lowest BCUT2D eigenvalue weighted by atomic mass is 9.90. The normalized spacial score (nSPS) is 14.1. The molecule has 0 aliphatic rings. The van der Waals surface area contributed by atoms with Crippen molar-refractivity contribution in [3.05, 3.63) is 0 Å². The Morgan fingerprint density at radius 3 is 1.94 bits per heavy atom. The summed E-state index contributed by atoms with van der Waals surface area (Å²) in [5.41, 5.74) is 0.0360. The predicted molar refractivity (Wildman–Crippen MR) is 70.5 cm³/mol. The van der Waals surface area contributed by atoms with Crippen molar-refractivity contribution in [3.63, 3.8) is 0 Å². The Bertz CT molecular complexity index is 299. The van der Waals surface area contributed by atoms with Gasteiger partial charge in [-0.15, -0.1) is 0 Å². The van der Waals surface area contributed by atoms with Crippen LogP contribution in [0.4, 0.5) is 0 Å². The molecule has 0 aliphatic heterocycles. The van der Waals surface area contributed by atoms with Gasteiger partial charge < -0.3 is 5.32 Å². The van der Waals surface area contributed by atoms with Gasteiger partial charge in [0.05, 0.1) is 10.5 Å². The van der Waals surface area contributed by atoms with E-state index in [1.165, 1.54) is 0 Å². The first-order valence-corrected chi connectivity index (χ1v) is 7.60. The molecule has 4 heteroatoms. The van der Waals surface area contributed by atoms with Crippen molar-refractivity contribution < 1.29 is 8.42 Å². The zero-order valence-electron chi connectivity index (χ0n) is 11.6. The van der Waals surface area contributed by atoms with Crippen molar-refractivity contribution in [2.45, 2.75) is 52.7 Å². The fraction of sp³-hybridized carbons (Fsp3) is 1.00. The maximum absolute atomic E-state index is 12.0. The van der Waals surface area contributed by atoms with Gasteiger partial charge in [0.2, 0.25) is 0 Å². The molecule has 0 aromatic rings. The van der Waals surface area contributed by atoms with E-state index >= 15 is 0 Å². The predicted octanol–water partition coefficient (Wildman–Crippen LogP) is 2.23. The van der Waals surface area contributed by atoms with Gasteiger partial charge in [0.25, 0.3) is 0 Å². The van der Waals surface area contributed by atoms with E-state index in [-0.39, 0.29) is 11.2 Å². The van der Waals surface area contributed by atoms with E-state index in [2.05, 4.69) is 26.1 Å². The molecule has 0 bridgehead atoms. The van der Waals surface area contributed by atoms with E-state index in [9.17, 15) is 8.42 Å². The van der Waals surface area contributed by atoms with Crippen molar-refractivity contribution in [2.75, 3.05) is 18.8 Å². The fourth-order valence-corrected chi connectivity index (χ4v) is 2.70. The minimum absolute atomic E-state index is 0.0360. The van der Waals surface area contributed by atoms with E-state index in [4.69, 9.17) is 0 Å². The average molecular weight is 249 g/mol. The van der Waals surface area contributed by atoms with Crippen LogP contribution in [0, 0.1) is 5.41 Å². The average Bonchev–Trinajstić information content (AvgIpc) is 2.10. The smallest absolute Gasteiger partial charge is 0.155 e. The Labute approximate surface area is 101 Å². The lowest BCUT2D eigenvalue weighted by molar-refractivity contribution is 0.331. The molecule has 0 fully saturated rings. The summed E-state index contributed by atoms with van der Waals surface area (Å²) in [7, 11) is -2.98. The van der Waals surface area contributed by atoms with Gasteiger partial charge in [-0.3, -0.25) is 0 Å². The molecule has 98 valence electrons. The molecule has 0 rings (SSSR count). The van der Waals surface area contributed by atoms with Crippen LogP contribution in [-0.2, 0) is 9.84 Å². The van der Waals surface area contributed by atoms with Gasteiger partial charge >= 0.3 is 0 Å². The Morgan fingerprint density at radius 2 is 1.56 bits per heavy atom. The largest absolute Gasteiger partial charge is 0.316 e. The van der Waals surface area contributed by atoms with Gasteiger partial charge in [0, 0.05) is 6.54 Å². The highest BCUT2D eigenvalue weighted by Gasteiger charge is 2.30.